The molecule has 1 unspecified atom stereocenters. The number of hydrogen-bond donors (Lipinski definition) is 1. The van der Waals surface area contributed by atoms with Crippen molar-refractivity contribution >= 4 is 16.9 Å². The zero-order chi connectivity index (χ0) is 13.2. The Kier molecular flexibility index (Phi) is 3.30. The van der Waals surface area contributed by atoms with E-state index in [1.165, 1.54) is 6.92 Å². The van der Waals surface area contributed by atoms with Crippen LogP contribution in [0.2, 0.25) is 0 Å². The van der Waals surface area contributed by atoms with Gasteiger partial charge in [0.1, 0.15) is 0 Å². The van der Waals surface area contributed by atoms with Gasteiger partial charge in [-0.1, -0.05) is 25.1 Å². The predicted octanol–water partition coefficient (Wildman–Crippen LogP) is 2.30. The van der Waals surface area contributed by atoms with Gasteiger partial charge in [-0.05, 0) is 25.5 Å². The lowest BCUT2D eigenvalue weighted by Crippen LogP contribution is -2.38. The molecule has 1 aromatic carbocycles. The molecule has 0 bridgehead atoms. The van der Waals surface area contributed by atoms with Gasteiger partial charge >= 0.3 is 5.97 Å². The number of para-hydroxylation sites is 1. The number of aliphatic hydroxyl groups is 1. The maximum Gasteiger partial charge on any atom is 0.344 e. The Hall–Kier alpha value is -1.94. The molecule has 1 atom stereocenters. The first kappa shape index (κ1) is 12.5. The van der Waals surface area contributed by atoms with Crippen molar-refractivity contribution in [3.05, 3.63) is 36.4 Å². The first-order chi connectivity index (χ1) is 8.53. The fraction of sp³-hybridized carbons (Fsp3) is 0.286. The molecular weight excluding hydrogens is 230 g/mol. The molecule has 2 rings (SSSR count). The van der Waals surface area contributed by atoms with Gasteiger partial charge in [0.05, 0.1) is 5.52 Å². The summed E-state index contributed by atoms with van der Waals surface area (Å²) in [6, 6.07) is 11.0. The molecule has 0 fully saturated rings. The Morgan fingerprint density at radius 2 is 2.06 bits per heavy atom. The number of ether oxygens (including phenoxy) is 1. The molecule has 0 saturated carbocycles. The van der Waals surface area contributed by atoms with E-state index in [-0.39, 0.29) is 5.88 Å². The van der Waals surface area contributed by atoms with E-state index in [4.69, 9.17) is 4.74 Å². The van der Waals surface area contributed by atoms with Crippen molar-refractivity contribution in [1.82, 2.24) is 4.98 Å². The molecule has 0 radical (unpaired) electrons. The number of esters is 1. The number of carbonyl (C=O) groups is 1. The lowest BCUT2D eigenvalue weighted by Gasteiger charge is -2.18. The summed E-state index contributed by atoms with van der Waals surface area (Å²) in [7, 11) is 0. The molecule has 0 aliphatic carbocycles. The molecule has 0 saturated heterocycles. The van der Waals surface area contributed by atoms with Crippen LogP contribution in [0.5, 0.6) is 5.88 Å². The van der Waals surface area contributed by atoms with Gasteiger partial charge in [0.25, 0.3) is 0 Å². The van der Waals surface area contributed by atoms with Crippen LogP contribution in [0.3, 0.4) is 0 Å². The minimum atomic E-state index is -1.48. The van der Waals surface area contributed by atoms with Gasteiger partial charge in [-0.15, -0.1) is 0 Å². The largest absolute Gasteiger partial charge is 0.405 e. The van der Waals surface area contributed by atoms with E-state index in [1.807, 2.05) is 30.3 Å². The smallest absolute Gasteiger partial charge is 0.344 e. The van der Waals surface area contributed by atoms with Gasteiger partial charge in [0.2, 0.25) is 5.88 Å². The highest BCUT2D eigenvalue weighted by atomic mass is 16.6. The van der Waals surface area contributed by atoms with Gasteiger partial charge in [-0.3, -0.25) is 0 Å². The van der Waals surface area contributed by atoms with Gasteiger partial charge in [0, 0.05) is 11.5 Å². The van der Waals surface area contributed by atoms with Crippen LogP contribution in [0.15, 0.2) is 36.4 Å². The van der Waals surface area contributed by atoms with E-state index >= 15 is 0 Å². The average Bonchev–Trinajstić information content (AvgIpc) is 2.38. The summed E-state index contributed by atoms with van der Waals surface area (Å²) in [5, 5.41) is 10.7. The zero-order valence-corrected chi connectivity index (χ0v) is 10.4. The fourth-order valence-corrected chi connectivity index (χ4v) is 1.45. The van der Waals surface area contributed by atoms with Crippen molar-refractivity contribution in [2.75, 3.05) is 0 Å². The molecule has 0 aliphatic rings. The standard InChI is InChI=1S/C14H15NO3/c1-3-14(2,17)13(16)18-12-9-8-10-6-4-5-7-11(10)15-12/h4-9,17H,3H2,1-2H3. The van der Waals surface area contributed by atoms with Crippen molar-refractivity contribution in [3.8, 4) is 5.88 Å². The van der Waals surface area contributed by atoms with E-state index in [2.05, 4.69) is 4.98 Å². The van der Waals surface area contributed by atoms with Crippen LogP contribution in [-0.2, 0) is 4.79 Å². The minimum absolute atomic E-state index is 0.201. The van der Waals surface area contributed by atoms with E-state index < -0.39 is 11.6 Å². The second kappa shape index (κ2) is 4.74. The van der Waals surface area contributed by atoms with Gasteiger partial charge < -0.3 is 9.84 Å². The molecule has 0 amide bonds. The summed E-state index contributed by atoms with van der Waals surface area (Å²) in [5.74, 6) is -0.486. The molecule has 0 aliphatic heterocycles. The molecule has 94 valence electrons. The van der Waals surface area contributed by atoms with Crippen molar-refractivity contribution in [2.45, 2.75) is 25.9 Å². The van der Waals surface area contributed by atoms with Gasteiger partial charge in [-0.25, -0.2) is 9.78 Å². The Bertz CT molecular complexity index is 578. The first-order valence-electron chi connectivity index (χ1n) is 5.83. The molecular formula is C14H15NO3. The molecule has 0 spiro atoms. The second-order valence-corrected chi connectivity index (χ2v) is 4.36. The number of nitrogens with zero attached hydrogens (tertiary/aromatic N) is 1. The Labute approximate surface area is 105 Å². The normalized spacial score (nSPS) is 14.2. The van der Waals surface area contributed by atoms with Crippen LogP contribution < -0.4 is 4.74 Å². The summed E-state index contributed by atoms with van der Waals surface area (Å²) in [6.45, 7) is 3.14. The molecule has 1 heterocycles. The number of rotatable bonds is 3. The highest BCUT2D eigenvalue weighted by molar-refractivity contribution is 5.82. The van der Waals surface area contributed by atoms with Crippen LogP contribution in [0.1, 0.15) is 20.3 Å². The minimum Gasteiger partial charge on any atom is -0.405 e. The monoisotopic (exact) mass is 245 g/mol. The van der Waals surface area contributed by atoms with Crippen molar-refractivity contribution < 1.29 is 14.6 Å². The second-order valence-electron chi connectivity index (χ2n) is 4.36. The number of aromatic nitrogens is 1. The molecule has 1 aromatic heterocycles. The highest BCUT2D eigenvalue weighted by Gasteiger charge is 2.30. The predicted molar refractivity (Wildman–Crippen MR) is 68.3 cm³/mol. The van der Waals surface area contributed by atoms with Crippen LogP contribution >= 0.6 is 0 Å². The number of carbonyl (C=O) groups excluding carboxylic acids is 1. The average molecular weight is 245 g/mol. The van der Waals surface area contributed by atoms with Crippen LogP contribution in [0, 0.1) is 0 Å². The summed E-state index contributed by atoms with van der Waals surface area (Å²) in [5.41, 5.74) is -0.730. The van der Waals surface area contributed by atoms with Crippen LogP contribution in [0.4, 0.5) is 0 Å². The van der Waals surface area contributed by atoms with Gasteiger partial charge in [0.15, 0.2) is 5.60 Å². The molecule has 18 heavy (non-hydrogen) atoms. The Morgan fingerprint density at radius 1 is 1.33 bits per heavy atom. The fourth-order valence-electron chi connectivity index (χ4n) is 1.45. The first-order valence-corrected chi connectivity index (χ1v) is 5.83. The maximum atomic E-state index is 11.7. The summed E-state index contributed by atoms with van der Waals surface area (Å²) in [6.07, 6.45) is 0.291. The van der Waals surface area contributed by atoms with Crippen molar-refractivity contribution in [1.29, 1.82) is 0 Å². The lowest BCUT2D eigenvalue weighted by molar-refractivity contribution is -0.153. The van der Waals surface area contributed by atoms with Crippen LogP contribution in [-0.4, -0.2) is 21.7 Å². The van der Waals surface area contributed by atoms with E-state index in [0.717, 1.165) is 10.9 Å². The van der Waals surface area contributed by atoms with E-state index in [1.54, 1.807) is 13.0 Å². The summed E-state index contributed by atoms with van der Waals surface area (Å²) in [4.78, 5) is 15.9. The SMILES string of the molecule is CCC(C)(O)C(=O)Oc1ccc2ccccc2n1. The van der Waals surface area contributed by atoms with E-state index in [0.29, 0.717) is 6.42 Å². The lowest BCUT2D eigenvalue weighted by atomic mass is 10.1. The molecule has 4 nitrogen and oxygen atoms in total. The summed E-state index contributed by atoms with van der Waals surface area (Å²) < 4.78 is 5.08. The molecule has 1 N–H and O–H groups in total. The quantitative estimate of drug-likeness (QED) is 0.843. The number of pyridine rings is 1. The van der Waals surface area contributed by atoms with E-state index in [9.17, 15) is 9.90 Å². The number of hydrogen-bond acceptors (Lipinski definition) is 4. The maximum absolute atomic E-state index is 11.7. The number of fused-ring (bicyclic) bond motifs is 1. The Balaban J connectivity index is 2.25. The topological polar surface area (TPSA) is 59.4 Å². The Morgan fingerprint density at radius 3 is 2.78 bits per heavy atom. The third-order valence-corrected chi connectivity index (χ3v) is 2.90. The zero-order valence-electron chi connectivity index (χ0n) is 10.4. The van der Waals surface area contributed by atoms with Crippen LogP contribution in [0.25, 0.3) is 10.9 Å². The van der Waals surface area contributed by atoms with Crippen molar-refractivity contribution in [2.24, 2.45) is 0 Å². The number of benzene rings is 1. The molecule has 4 heteroatoms. The third-order valence-electron chi connectivity index (χ3n) is 2.90. The molecule has 2 aromatic rings. The van der Waals surface area contributed by atoms with Gasteiger partial charge in [-0.2, -0.15) is 0 Å². The highest BCUT2D eigenvalue weighted by Crippen LogP contribution is 2.18. The summed E-state index contributed by atoms with van der Waals surface area (Å²) >= 11 is 0. The third kappa shape index (κ3) is 2.49. The van der Waals surface area contributed by atoms with Crippen molar-refractivity contribution in [3.63, 3.8) is 0 Å².